The Morgan fingerprint density at radius 3 is 2.32 bits per heavy atom. The minimum Gasteiger partial charge on any atom is -0.497 e. The summed E-state index contributed by atoms with van der Waals surface area (Å²) >= 11 is 0. The minimum atomic E-state index is -0.0401. The normalized spacial score (nSPS) is 14.4. The Morgan fingerprint density at radius 1 is 1.07 bits per heavy atom. The van der Waals surface area contributed by atoms with Gasteiger partial charge in [-0.3, -0.25) is 9.59 Å². The van der Waals surface area contributed by atoms with Crippen molar-refractivity contribution in [3.05, 3.63) is 35.7 Å². The molecule has 0 N–H and O–H groups in total. The van der Waals surface area contributed by atoms with E-state index in [1.165, 1.54) is 0 Å². The molecular formula is C20H26N4O4. The van der Waals surface area contributed by atoms with Gasteiger partial charge in [-0.2, -0.15) is 0 Å². The third-order valence-corrected chi connectivity index (χ3v) is 4.80. The first kappa shape index (κ1) is 19.9. The molecule has 0 aliphatic carbocycles. The zero-order valence-electron chi connectivity index (χ0n) is 16.6. The summed E-state index contributed by atoms with van der Waals surface area (Å²) in [6.45, 7) is 6.43. The maximum Gasteiger partial charge on any atom is 0.318 e. The van der Waals surface area contributed by atoms with E-state index in [2.05, 4.69) is 10.2 Å². The number of hydrogen-bond acceptors (Lipinski definition) is 7. The summed E-state index contributed by atoms with van der Waals surface area (Å²) < 4.78 is 10.8. The van der Waals surface area contributed by atoms with E-state index in [1.807, 2.05) is 18.7 Å². The van der Waals surface area contributed by atoms with E-state index in [4.69, 9.17) is 9.15 Å². The van der Waals surface area contributed by atoms with E-state index in [-0.39, 0.29) is 30.4 Å². The van der Waals surface area contributed by atoms with Gasteiger partial charge in [0, 0.05) is 50.5 Å². The van der Waals surface area contributed by atoms with Gasteiger partial charge >= 0.3 is 6.01 Å². The molecule has 1 aromatic heterocycles. The van der Waals surface area contributed by atoms with Gasteiger partial charge in [0.1, 0.15) is 5.75 Å². The second kappa shape index (κ2) is 8.86. The third-order valence-electron chi connectivity index (χ3n) is 4.80. The number of amides is 1. The Labute approximate surface area is 164 Å². The molecule has 1 aliphatic rings. The lowest BCUT2D eigenvalue weighted by Gasteiger charge is -2.33. The molecule has 0 atom stereocenters. The van der Waals surface area contributed by atoms with Gasteiger partial charge in [-0.15, -0.1) is 5.10 Å². The summed E-state index contributed by atoms with van der Waals surface area (Å²) in [5.74, 6) is 1.46. The number of carbonyl (C=O) groups is 2. The van der Waals surface area contributed by atoms with Crippen LogP contribution in [0.15, 0.2) is 28.7 Å². The van der Waals surface area contributed by atoms with Gasteiger partial charge in [0.25, 0.3) is 0 Å². The largest absolute Gasteiger partial charge is 0.497 e. The highest BCUT2D eigenvalue weighted by Crippen LogP contribution is 2.20. The smallest absolute Gasteiger partial charge is 0.318 e. The highest BCUT2D eigenvalue weighted by molar-refractivity contribution is 5.98. The summed E-state index contributed by atoms with van der Waals surface area (Å²) in [5.41, 5.74) is 0.593. The molecule has 28 heavy (non-hydrogen) atoms. The summed E-state index contributed by atoms with van der Waals surface area (Å²) in [6.07, 6.45) is 0.412. The number of piperazine rings is 1. The van der Waals surface area contributed by atoms with Crippen molar-refractivity contribution in [3.63, 3.8) is 0 Å². The number of Topliss-reactive ketones (excluding diaryl/α,β-unsaturated/α-hetero) is 1. The van der Waals surface area contributed by atoms with Crippen LogP contribution in [0.5, 0.6) is 5.75 Å². The highest BCUT2D eigenvalue weighted by Gasteiger charge is 2.25. The monoisotopic (exact) mass is 386 g/mol. The summed E-state index contributed by atoms with van der Waals surface area (Å²) in [7, 11) is 1.58. The Kier molecular flexibility index (Phi) is 6.28. The molecule has 1 saturated heterocycles. The molecule has 0 radical (unpaired) electrons. The van der Waals surface area contributed by atoms with Gasteiger partial charge in [-0.1, -0.05) is 18.9 Å². The number of benzene rings is 1. The van der Waals surface area contributed by atoms with Crippen molar-refractivity contribution in [2.45, 2.75) is 32.6 Å². The van der Waals surface area contributed by atoms with Crippen LogP contribution in [0.1, 0.15) is 48.9 Å². The fourth-order valence-electron chi connectivity index (χ4n) is 3.03. The van der Waals surface area contributed by atoms with Gasteiger partial charge in [0.05, 0.1) is 7.11 Å². The number of anilines is 1. The number of rotatable bonds is 7. The van der Waals surface area contributed by atoms with Crippen LogP contribution >= 0.6 is 0 Å². The van der Waals surface area contributed by atoms with Gasteiger partial charge in [-0.25, -0.2) is 0 Å². The van der Waals surface area contributed by atoms with E-state index in [1.54, 1.807) is 36.3 Å². The molecule has 1 fully saturated rings. The van der Waals surface area contributed by atoms with E-state index < -0.39 is 0 Å². The standard InChI is InChI=1S/C20H26N4O4/c1-14(2)19-21-22-20(28-19)24-12-10-23(11-13-24)18(26)9-8-17(25)15-4-6-16(27-3)7-5-15/h4-7,14H,8-13H2,1-3H3. The van der Waals surface area contributed by atoms with Crippen molar-refractivity contribution in [1.29, 1.82) is 0 Å². The predicted octanol–water partition coefficient (Wildman–Crippen LogP) is 2.51. The maximum atomic E-state index is 12.5. The zero-order chi connectivity index (χ0) is 20.1. The molecule has 2 aromatic rings. The zero-order valence-corrected chi connectivity index (χ0v) is 16.6. The van der Waals surface area contributed by atoms with Crippen molar-refractivity contribution in [2.75, 3.05) is 38.2 Å². The first-order valence-corrected chi connectivity index (χ1v) is 9.51. The average molecular weight is 386 g/mol. The molecule has 0 spiro atoms. The Bertz CT molecular complexity index is 808. The molecule has 1 aromatic carbocycles. The first-order valence-electron chi connectivity index (χ1n) is 9.51. The lowest BCUT2D eigenvalue weighted by Crippen LogP contribution is -2.49. The second-order valence-electron chi connectivity index (χ2n) is 7.10. The topological polar surface area (TPSA) is 88.8 Å². The van der Waals surface area contributed by atoms with Crippen LogP contribution in [0.3, 0.4) is 0 Å². The molecule has 1 aliphatic heterocycles. The molecule has 0 bridgehead atoms. The molecule has 3 rings (SSSR count). The fourth-order valence-corrected chi connectivity index (χ4v) is 3.03. The van der Waals surface area contributed by atoms with Crippen molar-refractivity contribution in [1.82, 2.24) is 15.1 Å². The lowest BCUT2D eigenvalue weighted by molar-refractivity contribution is -0.131. The molecule has 0 saturated carbocycles. The number of hydrogen-bond donors (Lipinski definition) is 0. The van der Waals surface area contributed by atoms with Crippen molar-refractivity contribution in [3.8, 4) is 5.75 Å². The molecule has 2 heterocycles. The van der Waals surface area contributed by atoms with Gasteiger partial charge in [0.15, 0.2) is 5.78 Å². The van der Waals surface area contributed by atoms with Gasteiger partial charge in [0.2, 0.25) is 11.8 Å². The predicted molar refractivity (Wildman–Crippen MR) is 104 cm³/mol. The van der Waals surface area contributed by atoms with Crippen LogP contribution in [0.2, 0.25) is 0 Å². The van der Waals surface area contributed by atoms with Crippen molar-refractivity contribution < 1.29 is 18.7 Å². The molecule has 1 amide bonds. The van der Waals surface area contributed by atoms with Crippen LogP contribution in [-0.2, 0) is 4.79 Å². The molecule has 8 heteroatoms. The average Bonchev–Trinajstić information content (AvgIpc) is 3.22. The molecular weight excluding hydrogens is 360 g/mol. The van der Waals surface area contributed by atoms with Crippen molar-refractivity contribution >= 4 is 17.7 Å². The number of methoxy groups -OCH3 is 1. The van der Waals surface area contributed by atoms with E-state index in [0.717, 1.165) is 0 Å². The van der Waals surface area contributed by atoms with E-state index >= 15 is 0 Å². The quantitative estimate of drug-likeness (QED) is 0.676. The Balaban J connectivity index is 1.46. The van der Waals surface area contributed by atoms with Crippen molar-refractivity contribution in [2.24, 2.45) is 0 Å². The number of carbonyl (C=O) groups excluding carboxylic acids is 2. The van der Waals surface area contributed by atoms with Crippen LogP contribution in [0.25, 0.3) is 0 Å². The number of ketones is 1. The van der Waals surface area contributed by atoms with E-state index in [0.29, 0.717) is 49.4 Å². The number of aromatic nitrogens is 2. The minimum absolute atomic E-state index is 0.00471. The number of ether oxygens (including phenoxy) is 1. The van der Waals surface area contributed by atoms with Gasteiger partial charge in [-0.05, 0) is 24.3 Å². The number of nitrogens with zero attached hydrogens (tertiary/aromatic N) is 4. The van der Waals surface area contributed by atoms with Crippen LogP contribution in [0, 0.1) is 0 Å². The SMILES string of the molecule is COc1ccc(C(=O)CCC(=O)N2CCN(c3nnc(C(C)C)o3)CC2)cc1. The maximum absolute atomic E-state index is 12.5. The van der Waals surface area contributed by atoms with Crippen LogP contribution in [-0.4, -0.2) is 60.1 Å². The second-order valence-corrected chi connectivity index (χ2v) is 7.10. The molecule has 8 nitrogen and oxygen atoms in total. The molecule has 150 valence electrons. The fraction of sp³-hybridized carbons (Fsp3) is 0.500. The summed E-state index contributed by atoms with van der Waals surface area (Å²) in [4.78, 5) is 28.5. The summed E-state index contributed by atoms with van der Waals surface area (Å²) in [5, 5.41) is 8.14. The van der Waals surface area contributed by atoms with E-state index in [9.17, 15) is 9.59 Å². The third kappa shape index (κ3) is 4.68. The Hall–Kier alpha value is -2.90. The highest BCUT2D eigenvalue weighted by atomic mass is 16.5. The van der Waals surface area contributed by atoms with Crippen LogP contribution < -0.4 is 9.64 Å². The molecule has 0 unspecified atom stereocenters. The first-order chi connectivity index (χ1) is 13.5. The van der Waals surface area contributed by atoms with Gasteiger partial charge < -0.3 is 19.0 Å². The lowest BCUT2D eigenvalue weighted by atomic mass is 10.1. The van der Waals surface area contributed by atoms with Crippen LogP contribution in [0.4, 0.5) is 6.01 Å². The Morgan fingerprint density at radius 2 is 1.75 bits per heavy atom. The summed E-state index contributed by atoms with van der Waals surface area (Å²) in [6, 6.07) is 7.44.